The molecule has 1 aliphatic rings. The minimum Gasteiger partial charge on any atom is -0.442 e. The maximum absolute atomic E-state index is 6.11. The number of nitrogens with two attached hydrogens (primary N) is 1. The van der Waals surface area contributed by atoms with Crippen molar-refractivity contribution in [3.63, 3.8) is 0 Å². The molecule has 0 unspecified atom stereocenters. The van der Waals surface area contributed by atoms with Crippen LogP contribution >= 0.6 is 11.3 Å². The first-order valence-corrected chi connectivity index (χ1v) is 9.98. The second-order valence-corrected chi connectivity index (χ2v) is 8.24. The van der Waals surface area contributed by atoms with Gasteiger partial charge in [0.25, 0.3) is 0 Å². The van der Waals surface area contributed by atoms with Gasteiger partial charge in [0.2, 0.25) is 5.95 Å². The van der Waals surface area contributed by atoms with E-state index in [4.69, 9.17) is 15.1 Å². The van der Waals surface area contributed by atoms with Crippen LogP contribution in [0.15, 0.2) is 17.0 Å². The summed E-state index contributed by atoms with van der Waals surface area (Å²) in [5, 5.41) is 5.71. The van der Waals surface area contributed by atoms with E-state index in [2.05, 4.69) is 31.9 Å². The summed E-state index contributed by atoms with van der Waals surface area (Å²) in [5.74, 6) is 1.62. The topological polar surface area (TPSA) is 111 Å². The summed E-state index contributed by atoms with van der Waals surface area (Å²) in [5.41, 5.74) is 9.59. The molecule has 0 aliphatic carbocycles. The summed E-state index contributed by atoms with van der Waals surface area (Å²) < 4.78 is 6.97. The zero-order valence-electron chi connectivity index (χ0n) is 15.7. The quantitative estimate of drug-likeness (QED) is 0.558. The fraction of sp³-hybridized carbons (Fsp3) is 0.389. The molecule has 0 saturated heterocycles. The Kier molecular flexibility index (Phi) is 4.09. The van der Waals surface area contributed by atoms with Crippen LogP contribution in [0.25, 0.3) is 17.1 Å². The monoisotopic (exact) mass is 396 g/mol. The van der Waals surface area contributed by atoms with Crippen molar-refractivity contribution in [1.82, 2.24) is 34.4 Å². The number of aromatic nitrogens is 6. The summed E-state index contributed by atoms with van der Waals surface area (Å²) in [7, 11) is 0. The van der Waals surface area contributed by atoms with Gasteiger partial charge in [0.05, 0.1) is 16.9 Å². The molecule has 0 bridgehead atoms. The van der Waals surface area contributed by atoms with Crippen molar-refractivity contribution in [3.8, 4) is 11.5 Å². The molecule has 0 spiro atoms. The van der Waals surface area contributed by atoms with E-state index in [9.17, 15) is 0 Å². The van der Waals surface area contributed by atoms with Gasteiger partial charge in [0, 0.05) is 42.9 Å². The lowest BCUT2D eigenvalue weighted by Gasteiger charge is -2.25. The van der Waals surface area contributed by atoms with Gasteiger partial charge < -0.3 is 10.2 Å². The number of nitrogens with zero attached hydrogens (tertiary/aromatic N) is 7. The first-order chi connectivity index (χ1) is 13.6. The molecule has 5 heterocycles. The lowest BCUT2D eigenvalue weighted by Crippen LogP contribution is -2.31. The Morgan fingerprint density at radius 3 is 2.96 bits per heavy atom. The molecule has 2 N–H and O–H groups in total. The van der Waals surface area contributed by atoms with Crippen LogP contribution in [0, 0.1) is 13.8 Å². The van der Waals surface area contributed by atoms with Crippen LogP contribution in [0.3, 0.4) is 0 Å². The van der Waals surface area contributed by atoms with Crippen LogP contribution < -0.4 is 5.73 Å². The molecule has 0 saturated carbocycles. The molecule has 1 aliphatic heterocycles. The molecular weight excluding hydrogens is 376 g/mol. The minimum absolute atomic E-state index is 0.286. The zero-order chi connectivity index (χ0) is 19.3. The number of thiazole rings is 1. The van der Waals surface area contributed by atoms with Crippen molar-refractivity contribution in [2.45, 2.75) is 33.2 Å². The summed E-state index contributed by atoms with van der Waals surface area (Å²) in [6, 6.07) is 0. The van der Waals surface area contributed by atoms with Gasteiger partial charge in [-0.15, -0.1) is 16.4 Å². The lowest BCUT2D eigenvalue weighted by atomic mass is 10.1. The predicted molar refractivity (Wildman–Crippen MR) is 105 cm³/mol. The number of hydrogen-bond acceptors (Lipinski definition) is 9. The molecule has 4 aromatic heterocycles. The van der Waals surface area contributed by atoms with E-state index in [1.165, 1.54) is 17.0 Å². The number of hydrogen-bond donors (Lipinski definition) is 1. The van der Waals surface area contributed by atoms with E-state index < -0.39 is 0 Å². The number of rotatable bonds is 4. The number of fused-ring (bicyclic) bond motifs is 2. The summed E-state index contributed by atoms with van der Waals surface area (Å²) in [6.07, 6.45) is 4.76. The average Bonchev–Trinajstić information content (AvgIpc) is 3.41. The standard InChI is InChI=1S/C18H20N8OS/c1-10-16(13-7-20-9-27-13)23-18(19)26-17(10)22-15(24-26)4-6-25-5-3-12-14(8-25)28-11(2)21-12/h7,9H,3-6,8H2,1-2H3,(H2,19,23). The van der Waals surface area contributed by atoms with Gasteiger partial charge in [-0.05, 0) is 13.8 Å². The fourth-order valence-corrected chi connectivity index (χ4v) is 4.64. The number of aryl methyl sites for hydroxylation is 2. The first-order valence-electron chi connectivity index (χ1n) is 9.16. The van der Waals surface area contributed by atoms with E-state index in [0.29, 0.717) is 17.1 Å². The van der Waals surface area contributed by atoms with Crippen LogP contribution in [0.4, 0.5) is 5.95 Å². The highest BCUT2D eigenvalue weighted by molar-refractivity contribution is 7.11. The molecule has 4 aromatic rings. The largest absolute Gasteiger partial charge is 0.442 e. The molecule has 144 valence electrons. The van der Waals surface area contributed by atoms with Gasteiger partial charge in [-0.1, -0.05) is 0 Å². The van der Waals surface area contributed by atoms with Crippen molar-refractivity contribution in [1.29, 1.82) is 0 Å². The summed E-state index contributed by atoms with van der Waals surface area (Å²) in [6.45, 7) is 6.88. The van der Waals surface area contributed by atoms with Crippen molar-refractivity contribution in [2.75, 3.05) is 18.8 Å². The molecular formula is C18H20N8OS. The smallest absolute Gasteiger partial charge is 0.223 e. The van der Waals surface area contributed by atoms with E-state index in [1.807, 2.05) is 6.92 Å². The molecule has 5 rings (SSSR count). The molecule has 0 radical (unpaired) electrons. The van der Waals surface area contributed by atoms with E-state index in [-0.39, 0.29) is 5.95 Å². The van der Waals surface area contributed by atoms with Crippen LogP contribution in [-0.4, -0.2) is 47.5 Å². The van der Waals surface area contributed by atoms with E-state index in [0.717, 1.165) is 48.9 Å². The normalized spacial score (nSPS) is 14.6. The first kappa shape index (κ1) is 17.3. The van der Waals surface area contributed by atoms with Crippen LogP contribution in [0.2, 0.25) is 0 Å². The maximum atomic E-state index is 6.11. The minimum atomic E-state index is 0.286. The van der Waals surface area contributed by atoms with Gasteiger partial charge in [-0.3, -0.25) is 4.90 Å². The Balaban J connectivity index is 1.37. The Labute approximate surface area is 165 Å². The number of nitrogen functional groups attached to an aromatic ring is 1. The third-order valence-corrected chi connectivity index (χ3v) is 6.02. The summed E-state index contributed by atoms with van der Waals surface area (Å²) >= 11 is 1.80. The highest BCUT2D eigenvalue weighted by Crippen LogP contribution is 2.26. The third-order valence-electron chi connectivity index (χ3n) is 5.02. The van der Waals surface area contributed by atoms with Gasteiger partial charge in [-0.25, -0.2) is 19.9 Å². The van der Waals surface area contributed by atoms with Crippen LogP contribution in [0.5, 0.6) is 0 Å². The van der Waals surface area contributed by atoms with E-state index >= 15 is 0 Å². The van der Waals surface area contributed by atoms with Crippen molar-refractivity contribution in [2.24, 2.45) is 0 Å². The highest BCUT2D eigenvalue weighted by Gasteiger charge is 2.21. The SMILES string of the molecule is Cc1nc2c(s1)CN(CCc1nc3c(C)c(-c4cnco4)nc(N)n3n1)CC2. The number of oxazole rings is 1. The van der Waals surface area contributed by atoms with Crippen LogP contribution in [0.1, 0.15) is 27.0 Å². The van der Waals surface area contributed by atoms with Crippen molar-refractivity contribution in [3.05, 3.63) is 39.6 Å². The van der Waals surface area contributed by atoms with Gasteiger partial charge in [0.15, 0.2) is 23.6 Å². The molecule has 10 heteroatoms. The van der Waals surface area contributed by atoms with Crippen LogP contribution in [-0.2, 0) is 19.4 Å². The second-order valence-electron chi connectivity index (χ2n) is 6.95. The highest BCUT2D eigenvalue weighted by atomic mass is 32.1. The molecule has 9 nitrogen and oxygen atoms in total. The molecule has 0 aromatic carbocycles. The lowest BCUT2D eigenvalue weighted by molar-refractivity contribution is 0.257. The third kappa shape index (κ3) is 2.94. The van der Waals surface area contributed by atoms with Crippen molar-refractivity contribution >= 4 is 22.9 Å². The van der Waals surface area contributed by atoms with Gasteiger partial charge in [-0.2, -0.15) is 4.52 Å². The molecule has 28 heavy (non-hydrogen) atoms. The summed E-state index contributed by atoms with van der Waals surface area (Å²) in [4.78, 5) is 21.5. The Morgan fingerprint density at radius 1 is 1.25 bits per heavy atom. The fourth-order valence-electron chi connectivity index (χ4n) is 3.61. The van der Waals surface area contributed by atoms with E-state index in [1.54, 1.807) is 22.0 Å². The molecule has 0 fully saturated rings. The number of anilines is 1. The molecule has 0 amide bonds. The van der Waals surface area contributed by atoms with Gasteiger partial charge in [0.1, 0.15) is 5.69 Å². The maximum Gasteiger partial charge on any atom is 0.223 e. The predicted octanol–water partition coefficient (Wildman–Crippen LogP) is 2.04. The second kappa shape index (κ2) is 6.64. The Bertz CT molecular complexity index is 1150. The molecule has 0 atom stereocenters. The van der Waals surface area contributed by atoms with Gasteiger partial charge >= 0.3 is 0 Å². The zero-order valence-corrected chi connectivity index (χ0v) is 16.5. The Morgan fingerprint density at radius 2 is 2.14 bits per heavy atom. The van der Waals surface area contributed by atoms with Crippen molar-refractivity contribution < 1.29 is 4.42 Å². The average molecular weight is 396 g/mol. The Hall–Kier alpha value is -2.85.